The molecule has 88 valence electrons. The summed E-state index contributed by atoms with van der Waals surface area (Å²) in [5.41, 5.74) is -0.484. The molecule has 1 rings (SSSR count). The molecule has 1 aliphatic rings. The molecule has 0 aromatic rings. The predicted molar refractivity (Wildman–Crippen MR) is 56.9 cm³/mol. The highest BCUT2D eigenvalue weighted by Gasteiger charge is 2.34. The zero-order valence-corrected chi connectivity index (χ0v) is 10.0. The first-order valence-electron chi connectivity index (χ1n) is 4.83. The molecule has 1 saturated heterocycles. The Labute approximate surface area is 92.1 Å². The lowest BCUT2D eigenvalue weighted by molar-refractivity contribution is 0.00189. The molecule has 1 N–H and O–H groups in total. The monoisotopic (exact) mass is 235 g/mol. The fraction of sp³-hybridized carbons (Fsp3) is 0.889. The van der Waals surface area contributed by atoms with Crippen LogP contribution in [0, 0.1) is 5.92 Å². The van der Waals surface area contributed by atoms with E-state index in [4.69, 9.17) is 9.29 Å². The van der Waals surface area contributed by atoms with Crippen LogP contribution < -0.4 is 0 Å². The standard InChI is InChI=1S/C9H17NO4S/c1-9(2,3)14-8(11)10-4-7(5-10)6-15(12)13/h7H,4-6H2,1-3H3,(H,12,13). The topological polar surface area (TPSA) is 66.8 Å². The third-order valence-corrected chi connectivity index (χ3v) is 2.74. The van der Waals surface area contributed by atoms with Crippen molar-refractivity contribution in [2.24, 2.45) is 5.92 Å². The number of likely N-dealkylation sites (tertiary alicyclic amines) is 1. The summed E-state index contributed by atoms with van der Waals surface area (Å²) in [4.78, 5) is 13.0. The van der Waals surface area contributed by atoms with Gasteiger partial charge in [0.15, 0.2) is 11.1 Å². The Morgan fingerprint density at radius 2 is 2.07 bits per heavy atom. The molecule has 0 aromatic carbocycles. The summed E-state index contributed by atoms with van der Waals surface area (Å²) in [7, 11) is 0. The molecular weight excluding hydrogens is 218 g/mol. The predicted octanol–water partition coefficient (Wildman–Crippen LogP) is 1.08. The first kappa shape index (κ1) is 12.4. The van der Waals surface area contributed by atoms with E-state index in [2.05, 4.69) is 0 Å². The van der Waals surface area contributed by atoms with Gasteiger partial charge in [-0.3, -0.25) is 0 Å². The Hall–Kier alpha value is -0.620. The van der Waals surface area contributed by atoms with Crippen molar-refractivity contribution in [2.45, 2.75) is 26.4 Å². The van der Waals surface area contributed by atoms with E-state index in [1.54, 1.807) is 4.90 Å². The van der Waals surface area contributed by atoms with E-state index in [0.717, 1.165) is 0 Å². The summed E-state index contributed by atoms with van der Waals surface area (Å²) < 4.78 is 24.3. The largest absolute Gasteiger partial charge is 0.444 e. The lowest BCUT2D eigenvalue weighted by Gasteiger charge is -2.39. The van der Waals surface area contributed by atoms with Gasteiger partial charge in [-0.05, 0) is 20.8 Å². The van der Waals surface area contributed by atoms with Gasteiger partial charge in [0.1, 0.15) is 5.60 Å². The van der Waals surface area contributed by atoms with Crippen molar-refractivity contribution in [1.29, 1.82) is 0 Å². The van der Waals surface area contributed by atoms with Crippen LogP contribution in [0.25, 0.3) is 0 Å². The zero-order valence-electron chi connectivity index (χ0n) is 9.23. The van der Waals surface area contributed by atoms with Crippen molar-refractivity contribution < 1.29 is 18.3 Å². The van der Waals surface area contributed by atoms with Gasteiger partial charge in [0.05, 0.1) is 5.75 Å². The fourth-order valence-electron chi connectivity index (χ4n) is 1.35. The third kappa shape index (κ3) is 4.17. The molecule has 1 heterocycles. The molecule has 0 bridgehead atoms. The first-order valence-corrected chi connectivity index (χ1v) is 6.11. The van der Waals surface area contributed by atoms with E-state index < -0.39 is 16.7 Å². The quantitative estimate of drug-likeness (QED) is 0.727. The molecular formula is C9H17NO4S. The number of rotatable bonds is 2. The van der Waals surface area contributed by atoms with Gasteiger partial charge in [-0.1, -0.05) is 0 Å². The number of amides is 1. The van der Waals surface area contributed by atoms with Crippen LogP contribution in [0.15, 0.2) is 0 Å². The maximum absolute atomic E-state index is 11.4. The maximum Gasteiger partial charge on any atom is 0.410 e. The Morgan fingerprint density at radius 1 is 1.53 bits per heavy atom. The Bertz CT molecular complexity index is 268. The van der Waals surface area contributed by atoms with Gasteiger partial charge in [0.2, 0.25) is 0 Å². The molecule has 15 heavy (non-hydrogen) atoms. The van der Waals surface area contributed by atoms with Crippen molar-refractivity contribution >= 4 is 17.2 Å². The molecule has 1 atom stereocenters. The Morgan fingerprint density at radius 3 is 2.47 bits per heavy atom. The summed E-state index contributed by atoms with van der Waals surface area (Å²) in [6, 6.07) is 0. The molecule has 1 unspecified atom stereocenters. The molecule has 0 radical (unpaired) electrons. The normalized spacial score (nSPS) is 19.6. The summed E-state index contributed by atoms with van der Waals surface area (Å²) in [6.45, 7) is 6.46. The minimum atomic E-state index is -1.77. The van der Waals surface area contributed by atoms with Crippen molar-refractivity contribution in [3.05, 3.63) is 0 Å². The van der Waals surface area contributed by atoms with Gasteiger partial charge in [-0.15, -0.1) is 0 Å². The van der Waals surface area contributed by atoms with Crippen LogP contribution in [0.1, 0.15) is 20.8 Å². The number of nitrogens with zero attached hydrogens (tertiary/aromatic N) is 1. The van der Waals surface area contributed by atoms with Gasteiger partial charge in [0.25, 0.3) is 0 Å². The molecule has 0 spiro atoms. The highest BCUT2D eigenvalue weighted by Crippen LogP contribution is 2.19. The first-order chi connectivity index (χ1) is 6.78. The second kappa shape index (κ2) is 4.49. The molecule has 5 nitrogen and oxygen atoms in total. The van der Waals surface area contributed by atoms with Crippen molar-refractivity contribution in [1.82, 2.24) is 4.90 Å². The average molecular weight is 235 g/mol. The average Bonchev–Trinajstić information content (AvgIpc) is 1.91. The van der Waals surface area contributed by atoms with E-state index in [1.165, 1.54) is 0 Å². The van der Waals surface area contributed by atoms with Gasteiger partial charge >= 0.3 is 6.09 Å². The van der Waals surface area contributed by atoms with E-state index in [1.807, 2.05) is 20.8 Å². The van der Waals surface area contributed by atoms with Crippen LogP contribution in [-0.2, 0) is 15.8 Å². The summed E-state index contributed by atoms with van der Waals surface area (Å²) in [5, 5.41) is 0. The second-order valence-corrected chi connectivity index (χ2v) is 5.72. The lowest BCUT2D eigenvalue weighted by Crippen LogP contribution is -2.53. The number of ether oxygens (including phenoxy) is 1. The van der Waals surface area contributed by atoms with Crippen LogP contribution in [0.3, 0.4) is 0 Å². The summed E-state index contributed by atoms with van der Waals surface area (Å²) in [6.07, 6.45) is -0.345. The van der Waals surface area contributed by atoms with Crippen LogP contribution in [0.5, 0.6) is 0 Å². The van der Waals surface area contributed by atoms with Crippen molar-refractivity contribution in [2.75, 3.05) is 18.8 Å². The van der Waals surface area contributed by atoms with Crippen LogP contribution in [-0.4, -0.2) is 44.2 Å². The second-order valence-electron chi connectivity index (χ2n) is 4.74. The molecule has 0 saturated carbocycles. The highest BCUT2D eigenvalue weighted by molar-refractivity contribution is 7.79. The molecule has 1 aliphatic heterocycles. The molecule has 0 aromatic heterocycles. The fourth-order valence-corrected chi connectivity index (χ4v) is 1.97. The Kier molecular flexibility index (Phi) is 3.72. The summed E-state index contributed by atoms with van der Waals surface area (Å²) in [5.74, 6) is 0.364. The maximum atomic E-state index is 11.4. The van der Waals surface area contributed by atoms with Gasteiger partial charge in [0, 0.05) is 19.0 Å². The molecule has 6 heteroatoms. The lowest BCUT2D eigenvalue weighted by atomic mass is 10.0. The van der Waals surface area contributed by atoms with Crippen LogP contribution in [0.4, 0.5) is 4.79 Å². The van der Waals surface area contributed by atoms with Gasteiger partial charge in [-0.2, -0.15) is 0 Å². The number of carbonyl (C=O) groups excluding carboxylic acids is 1. The Balaban J connectivity index is 2.27. The van der Waals surface area contributed by atoms with E-state index in [9.17, 15) is 9.00 Å². The summed E-state index contributed by atoms with van der Waals surface area (Å²) >= 11 is -1.77. The van der Waals surface area contributed by atoms with Crippen LogP contribution >= 0.6 is 0 Å². The number of carbonyl (C=O) groups is 1. The molecule has 1 fully saturated rings. The third-order valence-electron chi connectivity index (χ3n) is 1.99. The minimum Gasteiger partial charge on any atom is -0.444 e. The van der Waals surface area contributed by atoms with Crippen LogP contribution in [0.2, 0.25) is 0 Å². The highest BCUT2D eigenvalue weighted by atomic mass is 32.2. The van der Waals surface area contributed by atoms with Gasteiger partial charge < -0.3 is 14.2 Å². The van der Waals surface area contributed by atoms with Gasteiger partial charge in [-0.25, -0.2) is 9.00 Å². The smallest absolute Gasteiger partial charge is 0.410 e. The van der Waals surface area contributed by atoms with E-state index >= 15 is 0 Å². The van der Waals surface area contributed by atoms with E-state index in [0.29, 0.717) is 13.1 Å². The SMILES string of the molecule is CC(C)(C)OC(=O)N1CC(CS(=O)O)C1. The number of hydrogen-bond acceptors (Lipinski definition) is 3. The molecule has 1 amide bonds. The van der Waals surface area contributed by atoms with E-state index in [-0.39, 0.29) is 17.8 Å². The number of hydrogen-bond donors (Lipinski definition) is 1. The molecule has 0 aliphatic carbocycles. The van der Waals surface area contributed by atoms with Crippen molar-refractivity contribution in [3.8, 4) is 0 Å². The zero-order chi connectivity index (χ0) is 11.6. The minimum absolute atomic E-state index is 0.128. The van der Waals surface area contributed by atoms with Crippen molar-refractivity contribution in [3.63, 3.8) is 0 Å².